The van der Waals surface area contributed by atoms with Crippen LogP contribution in [-0.2, 0) is 27.3 Å². The number of hydrogen-bond acceptors (Lipinski definition) is 5. The Morgan fingerprint density at radius 3 is 2.23 bits per heavy atom. The third-order valence-electron chi connectivity index (χ3n) is 3.74. The van der Waals surface area contributed by atoms with E-state index in [0.717, 1.165) is 11.1 Å². The minimum absolute atomic E-state index is 0.0141. The molecule has 0 aliphatic heterocycles. The van der Waals surface area contributed by atoms with E-state index in [2.05, 4.69) is 5.32 Å². The van der Waals surface area contributed by atoms with Gasteiger partial charge in [0.05, 0.1) is 19.1 Å². The lowest BCUT2D eigenvalue weighted by molar-refractivity contribution is -0.147. The summed E-state index contributed by atoms with van der Waals surface area (Å²) in [5.41, 5.74) is 1.23. The summed E-state index contributed by atoms with van der Waals surface area (Å²) in [5.74, 6) is -0.620. The van der Waals surface area contributed by atoms with E-state index in [1.54, 1.807) is 34.6 Å². The van der Waals surface area contributed by atoms with Gasteiger partial charge in [-0.3, -0.25) is 4.79 Å². The van der Waals surface area contributed by atoms with Gasteiger partial charge in [0.2, 0.25) is 0 Å². The number of hydrogen-bond donors (Lipinski definition) is 2. The van der Waals surface area contributed by atoms with Crippen molar-refractivity contribution in [3.8, 4) is 0 Å². The summed E-state index contributed by atoms with van der Waals surface area (Å²) in [7, 11) is 0. The SMILES string of the molecule is CCOC(=O)[C@@H](C)C[C@H](Cc1ccc(CO)cc1)NC(=O)OC(C)(C)C. The third kappa shape index (κ3) is 8.34. The zero-order chi connectivity index (χ0) is 19.7. The van der Waals surface area contributed by atoms with Gasteiger partial charge in [-0.2, -0.15) is 0 Å². The van der Waals surface area contributed by atoms with Gasteiger partial charge in [0.15, 0.2) is 0 Å². The number of esters is 1. The van der Waals surface area contributed by atoms with E-state index in [4.69, 9.17) is 14.6 Å². The lowest BCUT2D eigenvalue weighted by atomic mass is 9.96. The first-order valence-corrected chi connectivity index (χ1v) is 8.99. The summed E-state index contributed by atoms with van der Waals surface area (Å²) in [5, 5.41) is 12.0. The highest BCUT2D eigenvalue weighted by Crippen LogP contribution is 2.15. The number of nitrogens with one attached hydrogen (secondary N) is 1. The maximum absolute atomic E-state index is 12.2. The van der Waals surface area contributed by atoms with Crippen molar-refractivity contribution in [1.82, 2.24) is 5.32 Å². The predicted molar refractivity (Wildman–Crippen MR) is 99.6 cm³/mol. The van der Waals surface area contributed by atoms with E-state index >= 15 is 0 Å². The van der Waals surface area contributed by atoms with Crippen molar-refractivity contribution < 1.29 is 24.2 Å². The Morgan fingerprint density at radius 1 is 1.15 bits per heavy atom. The van der Waals surface area contributed by atoms with Crippen molar-refractivity contribution in [3.63, 3.8) is 0 Å². The van der Waals surface area contributed by atoms with Crippen LogP contribution in [0.5, 0.6) is 0 Å². The lowest BCUT2D eigenvalue weighted by Gasteiger charge is -2.25. The van der Waals surface area contributed by atoms with E-state index in [1.165, 1.54) is 0 Å². The molecule has 0 fully saturated rings. The molecule has 1 aromatic rings. The van der Waals surface area contributed by atoms with E-state index in [1.807, 2.05) is 24.3 Å². The molecule has 0 spiro atoms. The first kappa shape index (κ1) is 22.0. The molecule has 146 valence electrons. The van der Waals surface area contributed by atoms with Crippen molar-refractivity contribution in [2.45, 2.75) is 65.7 Å². The van der Waals surface area contributed by atoms with Gasteiger partial charge in [0, 0.05) is 6.04 Å². The molecule has 0 saturated heterocycles. The van der Waals surface area contributed by atoms with Crippen molar-refractivity contribution >= 4 is 12.1 Å². The Bertz CT molecular complexity index is 577. The van der Waals surface area contributed by atoms with Crippen LogP contribution in [-0.4, -0.2) is 35.4 Å². The average Bonchev–Trinajstić information content (AvgIpc) is 2.53. The first-order chi connectivity index (χ1) is 12.1. The highest BCUT2D eigenvalue weighted by Gasteiger charge is 2.24. The normalized spacial score (nSPS) is 13.6. The highest BCUT2D eigenvalue weighted by molar-refractivity contribution is 5.72. The second-order valence-corrected chi connectivity index (χ2v) is 7.41. The Morgan fingerprint density at radius 2 is 1.73 bits per heavy atom. The molecular formula is C20H31NO5. The fourth-order valence-electron chi connectivity index (χ4n) is 2.54. The van der Waals surface area contributed by atoms with Gasteiger partial charge < -0.3 is 19.9 Å². The maximum atomic E-state index is 12.2. The van der Waals surface area contributed by atoms with Gasteiger partial charge in [0.25, 0.3) is 0 Å². The number of alkyl carbamates (subject to hydrolysis) is 1. The molecule has 0 aromatic heterocycles. The topological polar surface area (TPSA) is 84.9 Å². The molecule has 0 radical (unpaired) electrons. The van der Waals surface area contributed by atoms with Crippen molar-refractivity contribution in [1.29, 1.82) is 0 Å². The molecular weight excluding hydrogens is 334 g/mol. The quantitative estimate of drug-likeness (QED) is 0.691. The van der Waals surface area contributed by atoms with Gasteiger partial charge in [-0.25, -0.2) is 4.79 Å². The Hall–Kier alpha value is -2.08. The van der Waals surface area contributed by atoms with Gasteiger partial charge in [0.1, 0.15) is 5.60 Å². The molecule has 1 rings (SSSR count). The third-order valence-corrected chi connectivity index (χ3v) is 3.74. The smallest absolute Gasteiger partial charge is 0.407 e. The van der Waals surface area contributed by atoms with Crippen LogP contribution in [0.25, 0.3) is 0 Å². The fourth-order valence-corrected chi connectivity index (χ4v) is 2.54. The van der Waals surface area contributed by atoms with Crippen LogP contribution in [0.15, 0.2) is 24.3 Å². The van der Waals surface area contributed by atoms with Crippen LogP contribution >= 0.6 is 0 Å². The molecule has 6 nitrogen and oxygen atoms in total. The highest BCUT2D eigenvalue weighted by atomic mass is 16.6. The summed E-state index contributed by atoms with van der Waals surface area (Å²) in [6.07, 6.45) is 0.486. The number of carbonyl (C=O) groups is 2. The molecule has 0 aliphatic rings. The largest absolute Gasteiger partial charge is 0.466 e. The molecule has 2 N–H and O–H groups in total. The second kappa shape index (κ2) is 10.2. The number of benzene rings is 1. The zero-order valence-corrected chi connectivity index (χ0v) is 16.4. The lowest BCUT2D eigenvalue weighted by Crippen LogP contribution is -2.41. The predicted octanol–water partition coefficient (Wildman–Crippen LogP) is 3.20. The van der Waals surface area contributed by atoms with E-state index < -0.39 is 11.7 Å². The molecule has 0 aliphatic carbocycles. The molecule has 0 bridgehead atoms. The van der Waals surface area contributed by atoms with Gasteiger partial charge in [-0.05, 0) is 51.7 Å². The standard InChI is InChI=1S/C20H31NO5/c1-6-25-18(23)14(2)11-17(21-19(24)26-20(3,4)5)12-15-7-9-16(13-22)10-8-15/h7-10,14,17,22H,6,11-13H2,1-5H3,(H,21,24)/t14-,17+/m0/s1. The summed E-state index contributed by atoms with van der Waals surface area (Å²) in [6.45, 7) is 9.28. The summed E-state index contributed by atoms with van der Waals surface area (Å²) in [4.78, 5) is 24.1. The summed E-state index contributed by atoms with van der Waals surface area (Å²) >= 11 is 0. The second-order valence-electron chi connectivity index (χ2n) is 7.41. The molecule has 6 heteroatoms. The van der Waals surface area contributed by atoms with E-state index in [-0.39, 0.29) is 24.5 Å². The molecule has 0 unspecified atom stereocenters. The van der Waals surface area contributed by atoms with Crippen LogP contribution in [0.2, 0.25) is 0 Å². The van der Waals surface area contributed by atoms with E-state index in [9.17, 15) is 9.59 Å². The fraction of sp³-hybridized carbons (Fsp3) is 0.600. The average molecular weight is 365 g/mol. The number of ether oxygens (including phenoxy) is 2. The molecule has 26 heavy (non-hydrogen) atoms. The van der Waals surface area contributed by atoms with Crippen LogP contribution in [0.4, 0.5) is 4.79 Å². The number of aliphatic hydroxyl groups excluding tert-OH is 1. The Balaban J connectivity index is 2.82. The zero-order valence-electron chi connectivity index (χ0n) is 16.4. The van der Waals surface area contributed by atoms with Crippen LogP contribution in [0.3, 0.4) is 0 Å². The van der Waals surface area contributed by atoms with Crippen LogP contribution in [0, 0.1) is 5.92 Å². The number of aliphatic hydroxyl groups is 1. The van der Waals surface area contributed by atoms with E-state index in [0.29, 0.717) is 19.4 Å². The molecule has 2 atom stereocenters. The summed E-state index contributed by atoms with van der Waals surface area (Å²) < 4.78 is 10.4. The van der Waals surface area contributed by atoms with Crippen molar-refractivity contribution in [2.75, 3.05) is 6.61 Å². The monoisotopic (exact) mass is 365 g/mol. The first-order valence-electron chi connectivity index (χ1n) is 8.99. The van der Waals surface area contributed by atoms with Gasteiger partial charge in [-0.15, -0.1) is 0 Å². The van der Waals surface area contributed by atoms with Crippen LogP contribution < -0.4 is 5.32 Å². The molecule has 0 heterocycles. The minimum Gasteiger partial charge on any atom is -0.466 e. The number of rotatable bonds is 8. The van der Waals surface area contributed by atoms with Crippen molar-refractivity contribution in [3.05, 3.63) is 35.4 Å². The molecule has 1 amide bonds. The number of amides is 1. The van der Waals surface area contributed by atoms with Crippen LogP contribution in [0.1, 0.15) is 52.2 Å². The Kier molecular flexibility index (Phi) is 8.58. The minimum atomic E-state index is -0.593. The number of carbonyl (C=O) groups excluding carboxylic acids is 2. The van der Waals surface area contributed by atoms with Crippen molar-refractivity contribution in [2.24, 2.45) is 5.92 Å². The summed E-state index contributed by atoms with van der Waals surface area (Å²) in [6, 6.07) is 7.22. The molecule has 0 saturated carbocycles. The maximum Gasteiger partial charge on any atom is 0.407 e. The van der Waals surface area contributed by atoms with Gasteiger partial charge >= 0.3 is 12.1 Å². The van der Waals surface area contributed by atoms with Gasteiger partial charge in [-0.1, -0.05) is 31.2 Å². The Labute approximate surface area is 155 Å². The molecule has 1 aromatic carbocycles.